The molecule has 1 amide bonds. The highest BCUT2D eigenvalue weighted by atomic mass is 19.1. The average Bonchev–Trinajstić information content (AvgIpc) is 3.23. The Balaban J connectivity index is 1.07. The van der Waals surface area contributed by atoms with Gasteiger partial charge in [0.05, 0.1) is 18.4 Å². The summed E-state index contributed by atoms with van der Waals surface area (Å²) in [5.74, 6) is 0.513. The number of likely N-dealkylation sites (N-methyl/N-ethyl adjacent to an activating group) is 1. The van der Waals surface area contributed by atoms with Gasteiger partial charge in [-0.2, -0.15) is 0 Å². The lowest BCUT2D eigenvalue weighted by molar-refractivity contribution is -0.131. The molecule has 9 nitrogen and oxygen atoms in total. The first-order valence-electron chi connectivity index (χ1n) is 13.5. The molecule has 3 saturated heterocycles. The predicted molar refractivity (Wildman–Crippen MR) is 128 cm³/mol. The van der Waals surface area contributed by atoms with Gasteiger partial charge in [-0.05, 0) is 58.5 Å². The van der Waals surface area contributed by atoms with Crippen LogP contribution in [0.25, 0.3) is 0 Å². The van der Waals surface area contributed by atoms with Gasteiger partial charge in [-0.25, -0.2) is 15.2 Å². The van der Waals surface area contributed by atoms with Crippen LogP contribution in [0, 0.1) is 11.8 Å². The minimum absolute atomic E-state index is 0.0306. The summed E-state index contributed by atoms with van der Waals surface area (Å²) in [5, 5.41) is 14.0. The van der Waals surface area contributed by atoms with Crippen molar-refractivity contribution in [1.82, 2.24) is 37.0 Å². The maximum atomic E-state index is 13.8. The van der Waals surface area contributed by atoms with E-state index in [1.165, 1.54) is 0 Å². The van der Waals surface area contributed by atoms with Crippen molar-refractivity contribution in [2.45, 2.75) is 101 Å². The van der Waals surface area contributed by atoms with Gasteiger partial charge < -0.3 is 20.7 Å². The van der Waals surface area contributed by atoms with E-state index in [0.29, 0.717) is 31.5 Å². The summed E-state index contributed by atoms with van der Waals surface area (Å²) in [7, 11) is 2.17. The van der Waals surface area contributed by atoms with E-state index in [1.54, 1.807) is 0 Å². The second kappa shape index (κ2) is 11.5. The third-order valence-electron chi connectivity index (χ3n) is 8.86. The Morgan fingerprint density at radius 3 is 2.88 bits per heavy atom. The topological polar surface area (TPSA) is 102 Å². The van der Waals surface area contributed by atoms with Crippen LogP contribution in [0.5, 0.6) is 0 Å². The molecule has 9 atom stereocenters. The van der Waals surface area contributed by atoms with E-state index in [-0.39, 0.29) is 42.2 Å². The third kappa shape index (κ3) is 5.74. The molecule has 3 aliphatic heterocycles. The first-order chi connectivity index (χ1) is 16.6. The van der Waals surface area contributed by atoms with Gasteiger partial charge in [-0.15, -0.1) is 0 Å². The van der Waals surface area contributed by atoms with Crippen LogP contribution in [0.3, 0.4) is 0 Å². The van der Waals surface area contributed by atoms with Crippen LogP contribution >= 0.6 is 0 Å². The molecule has 0 aromatic heterocycles. The molecule has 0 radical (unpaired) electrons. The summed E-state index contributed by atoms with van der Waals surface area (Å²) in [6.45, 7) is 3.37. The predicted octanol–water partition coefficient (Wildman–Crippen LogP) is 0.148. The van der Waals surface area contributed by atoms with Gasteiger partial charge in [0, 0.05) is 56.2 Å². The number of alkyl halides is 1. The monoisotopic (exact) mass is 481 g/mol. The highest BCUT2D eigenvalue weighted by Crippen LogP contribution is 2.35. The number of nitrogens with zero attached hydrogens (tertiary/aromatic N) is 1. The SMILES string of the molecule is CN1C(CNC2CCCC(C(=O)N[C@@H]3CCOC4CC(F)CCC43)C2)NNC1C1CCNCN1. The molecule has 0 bridgehead atoms. The van der Waals surface area contributed by atoms with Crippen molar-refractivity contribution >= 4 is 5.91 Å². The molecular formula is C24H44FN7O2. The Morgan fingerprint density at radius 2 is 2.03 bits per heavy atom. The number of amides is 1. The number of halogens is 1. The third-order valence-corrected chi connectivity index (χ3v) is 8.86. The number of ether oxygens (including phenoxy) is 1. The standard InChI is InChI=1S/C24H44FN7O2/c1-32-22(30-31-23(32)20-7-9-26-14-28-20)13-27-17-4-2-3-15(11-17)24(33)29-19-8-10-34-21-12-16(25)5-6-18(19)21/h15-23,26-28,30-31H,2-14H2,1H3,(H,29,33)/t15?,16?,17?,18?,19-,20?,21?,22?,23?/m1/s1. The Labute approximate surface area is 203 Å². The molecule has 5 fully saturated rings. The van der Waals surface area contributed by atoms with E-state index in [2.05, 4.69) is 44.1 Å². The smallest absolute Gasteiger partial charge is 0.223 e. The summed E-state index contributed by atoms with van der Waals surface area (Å²) in [5.41, 5.74) is 6.91. The summed E-state index contributed by atoms with van der Waals surface area (Å²) < 4.78 is 19.7. The molecule has 0 aromatic rings. The first kappa shape index (κ1) is 24.8. The van der Waals surface area contributed by atoms with Crippen LogP contribution in [0.4, 0.5) is 4.39 Å². The maximum Gasteiger partial charge on any atom is 0.223 e. The zero-order chi connectivity index (χ0) is 23.5. The van der Waals surface area contributed by atoms with Crippen molar-refractivity contribution in [3.8, 4) is 0 Å². The van der Waals surface area contributed by atoms with E-state index in [1.807, 2.05) is 0 Å². The van der Waals surface area contributed by atoms with Crippen molar-refractivity contribution in [1.29, 1.82) is 0 Å². The lowest BCUT2D eigenvalue weighted by Crippen LogP contribution is -2.58. The average molecular weight is 482 g/mol. The van der Waals surface area contributed by atoms with Gasteiger partial charge in [-0.3, -0.25) is 15.0 Å². The Hall–Kier alpha value is -0.880. The number of hydrogen-bond acceptors (Lipinski definition) is 8. The van der Waals surface area contributed by atoms with E-state index in [0.717, 1.165) is 64.7 Å². The first-order valence-corrected chi connectivity index (χ1v) is 13.5. The molecule has 2 saturated carbocycles. The normalized spacial score (nSPS) is 43.9. The van der Waals surface area contributed by atoms with Crippen molar-refractivity contribution in [2.75, 3.05) is 33.4 Å². The highest BCUT2D eigenvalue weighted by molar-refractivity contribution is 5.79. The summed E-state index contributed by atoms with van der Waals surface area (Å²) >= 11 is 0. The summed E-state index contributed by atoms with van der Waals surface area (Å²) in [6.07, 6.45) is 7.60. The molecule has 0 aromatic carbocycles. The molecule has 10 heteroatoms. The Morgan fingerprint density at radius 1 is 1.12 bits per heavy atom. The number of carbonyl (C=O) groups is 1. The lowest BCUT2D eigenvalue weighted by atomic mass is 9.77. The van der Waals surface area contributed by atoms with Crippen molar-refractivity contribution in [3.05, 3.63) is 0 Å². The Bertz CT molecular complexity index is 682. The van der Waals surface area contributed by atoms with Gasteiger partial charge >= 0.3 is 0 Å². The number of rotatable bonds is 6. The molecule has 194 valence electrons. The second-order valence-electron chi connectivity index (χ2n) is 11.0. The number of nitrogens with one attached hydrogen (secondary N) is 6. The molecule has 34 heavy (non-hydrogen) atoms. The summed E-state index contributed by atoms with van der Waals surface area (Å²) in [4.78, 5) is 15.6. The number of hydrogen-bond donors (Lipinski definition) is 6. The van der Waals surface area contributed by atoms with E-state index in [9.17, 15) is 9.18 Å². The van der Waals surface area contributed by atoms with Crippen molar-refractivity contribution in [2.24, 2.45) is 11.8 Å². The van der Waals surface area contributed by atoms with Crippen LogP contribution in [-0.2, 0) is 9.53 Å². The highest BCUT2D eigenvalue weighted by Gasteiger charge is 2.41. The van der Waals surface area contributed by atoms with Crippen LogP contribution in [-0.4, -0.2) is 87.0 Å². The minimum Gasteiger partial charge on any atom is -0.378 e. The van der Waals surface area contributed by atoms with Crippen LogP contribution in [0.2, 0.25) is 0 Å². The molecule has 5 rings (SSSR count). The number of fused-ring (bicyclic) bond motifs is 1. The number of hydrazine groups is 1. The molecule has 8 unspecified atom stereocenters. The molecular weight excluding hydrogens is 437 g/mol. The fourth-order valence-corrected chi connectivity index (χ4v) is 6.77. The van der Waals surface area contributed by atoms with Crippen molar-refractivity contribution < 1.29 is 13.9 Å². The zero-order valence-electron chi connectivity index (χ0n) is 20.5. The van der Waals surface area contributed by atoms with Crippen molar-refractivity contribution in [3.63, 3.8) is 0 Å². The molecule has 2 aliphatic carbocycles. The van der Waals surface area contributed by atoms with Gasteiger partial charge in [-0.1, -0.05) is 6.42 Å². The van der Waals surface area contributed by atoms with Crippen LogP contribution < -0.4 is 32.1 Å². The van der Waals surface area contributed by atoms with Gasteiger partial charge in [0.1, 0.15) is 6.17 Å². The van der Waals surface area contributed by atoms with Gasteiger partial charge in [0.25, 0.3) is 0 Å². The number of carbonyl (C=O) groups excluding carboxylic acids is 1. The molecule has 5 aliphatic rings. The molecule has 0 spiro atoms. The van der Waals surface area contributed by atoms with Gasteiger partial charge in [0.2, 0.25) is 5.91 Å². The largest absolute Gasteiger partial charge is 0.378 e. The lowest BCUT2D eigenvalue weighted by Gasteiger charge is -2.43. The molecule has 6 N–H and O–H groups in total. The maximum absolute atomic E-state index is 13.8. The van der Waals surface area contributed by atoms with Gasteiger partial charge in [0.15, 0.2) is 0 Å². The van der Waals surface area contributed by atoms with E-state index in [4.69, 9.17) is 4.74 Å². The van der Waals surface area contributed by atoms with Crippen LogP contribution in [0.15, 0.2) is 0 Å². The fourth-order valence-electron chi connectivity index (χ4n) is 6.77. The van der Waals surface area contributed by atoms with Crippen LogP contribution in [0.1, 0.15) is 57.8 Å². The van der Waals surface area contributed by atoms with E-state index < -0.39 is 6.17 Å². The molecule has 3 heterocycles. The minimum atomic E-state index is -0.754. The zero-order valence-corrected chi connectivity index (χ0v) is 20.5. The van der Waals surface area contributed by atoms with E-state index >= 15 is 0 Å². The summed E-state index contributed by atoms with van der Waals surface area (Å²) in [6, 6.07) is 0.923. The Kier molecular flexibility index (Phi) is 8.35. The second-order valence-corrected chi connectivity index (χ2v) is 11.0. The fraction of sp³-hybridized carbons (Fsp3) is 0.958. The quantitative estimate of drug-likeness (QED) is 0.319.